The minimum atomic E-state index is -0.251. The number of nitrogens with one attached hydrogen (secondary N) is 1. The van der Waals surface area contributed by atoms with Gasteiger partial charge in [-0.3, -0.25) is 10.2 Å². The lowest BCUT2D eigenvalue weighted by Crippen LogP contribution is -2.29. The molecule has 1 heterocycles. The van der Waals surface area contributed by atoms with E-state index >= 15 is 0 Å². The first-order valence-corrected chi connectivity index (χ1v) is 7.32. The van der Waals surface area contributed by atoms with Crippen molar-refractivity contribution < 1.29 is 9.53 Å². The van der Waals surface area contributed by atoms with E-state index in [2.05, 4.69) is 10.3 Å². The number of nitrogens with zero attached hydrogens (tertiary/aromatic N) is 1. The van der Waals surface area contributed by atoms with E-state index in [9.17, 15) is 4.79 Å². The third-order valence-corrected chi connectivity index (χ3v) is 4.37. The van der Waals surface area contributed by atoms with Gasteiger partial charge in [-0.1, -0.05) is 6.07 Å². The van der Waals surface area contributed by atoms with Gasteiger partial charge in [-0.05, 0) is 30.7 Å². The van der Waals surface area contributed by atoms with Crippen molar-refractivity contribution in [1.29, 1.82) is 0 Å². The summed E-state index contributed by atoms with van der Waals surface area (Å²) in [4.78, 5) is 15.4. The maximum Gasteiger partial charge on any atom is 0.275 e. The fraction of sp³-hybridized carbons (Fsp3) is 0.267. The van der Waals surface area contributed by atoms with Crippen LogP contribution in [0.2, 0.25) is 0 Å². The third-order valence-electron chi connectivity index (χ3n) is 3.28. The zero-order valence-corrected chi connectivity index (χ0v) is 13.2. The van der Waals surface area contributed by atoms with E-state index in [1.807, 2.05) is 44.3 Å². The highest BCUT2D eigenvalue weighted by Crippen LogP contribution is 2.26. The highest BCUT2D eigenvalue weighted by Gasteiger charge is 2.13. The number of thiophene rings is 1. The normalized spacial score (nSPS) is 10.3. The molecule has 0 aliphatic heterocycles. The van der Waals surface area contributed by atoms with E-state index in [0.717, 1.165) is 21.9 Å². The van der Waals surface area contributed by atoms with E-state index in [4.69, 9.17) is 10.6 Å². The number of anilines is 1. The van der Waals surface area contributed by atoms with Gasteiger partial charge in [0.25, 0.3) is 5.91 Å². The van der Waals surface area contributed by atoms with Crippen molar-refractivity contribution in [3.63, 3.8) is 0 Å². The van der Waals surface area contributed by atoms with Crippen LogP contribution < -0.4 is 20.9 Å². The van der Waals surface area contributed by atoms with Crippen LogP contribution in [0.1, 0.15) is 20.1 Å². The van der Waals surface area contributed by atoms with Gasteiger partial charge in [-0.15, -0.1) is 11.3 Å². The highest BCUT2D eigenvalue weighted by molar-refractivity contribution is 7.14. The maximum absolute atomic E-state index is 11.6. The van der Waals surface area contributed by atoms with Gasteiger partial charge in [0.1, 0.15) is 5.75 Å². The van der Waals surface area contributed by atoms with Crippen molar-refractivity contribution in [2.24, 2.45) is 5.84 Å². The molecule has 0 unspecified atom stereocenters. The molecule has 21 heavy (non-hydrogen) atoms. The number of hydrogen-bond donors (Lipinski definition) is 2. The SMILES string of the molecule is COc1cccc(N(C)Cc2cc(C(=O)NN)sc2C)c1. The first kappa shape index (κ1) is 15.3. The van der Waals surface area contributed by atoms with Gasteiger partial charge in [-0.25, -0.2) is 5.84 Å². The number of nitrogens with two attached hydrogens (primary N) is 1. The van der Waals surface area contributed by atoms with Gasteiger partial charge in [0, 0.05) is 30.2 Å². The maximum atomic E-state index is 11.6. The summed E-state index contributed by atoms with van der Waals surface area (Å²) in [5.41, 5.74) is 4.34. The fourth-order valence-corrected chi connectivity index (χ4v) is 2.99. The van der Waals surface area contributed by atoms with Crippen LogP contribution in [0.25, 0.3) is 0 Å². The Hall–Kier alpha value is -2.05. The number of nitrogen functional groups attached to an aromatic ring is 1. The summed E-state index contributed by atoms with van der Waals surface area (Å²) >= 11 is 1.45. The third kappa shape index (κ3) is 3.53. The van der Waals surface area contributed by atoms with Crippen LogP contribution in [0.5, 0.6) is 5.75 Å². The van der Waals surface area contributed by atoms with Crippen LogP contribution in [0.15, 0.2) is 30.3 Å². The molecule has 112 valence electrons. The van der Waals surface area contributed by atoms with E-state index < -0.39 is 0 Å². The van der Waals surface area contributed by atoms with Gasteiger partial charge < -0.3 is 9.64 Å². The summed E-state index contributed by atoms with van der Waals surface area (Å²) in [6, 6.07) is 9.76. The summed E-state index contributed by atoms with van der Waals surface area (Å²) in [5.74, 6) is 5.74. The van der Waals surface area contributed by atoms with Crippen molar-refractivity contribution in [1.82, 2.24) is 5.43 Å². The molecule has 1 amide bonds. The predicted molar refractivity (Wildman–Crippen MR) is 85.8 cm³/mol. The van der Waals surface area contributed by atoms with Crippen LogP contribution >= 0.6 is 11.3 Å². The van der Waals surface area contributed by atoms with Crippen molar-refractivity contribution in [2.45, 2.75) is 13.5 Å². The second-order valence-corrected chi connectivity index (χ2v) is 5.98. The summed E-state index contributed by atoms with van der Waals surface area (Å²) in [6.45, 7) is 2.72. The molecule has 2 rings (SSSR count). The number of carbonyl (C=O) groups excluding carboxylic acids is 1. The molecule has 1 aromatic carbocycles. The molecule has 3 N–H and O–H groups in total. The van der Waals surface area contributed by atoms with Gasteiger partial charge in [0.2, 0.25) is 0 Å². The molecule has 0 aliphatic rings. The van der Waals surface area contributed by atoms with E-state index in [1.165, 1.54) is 11.3 Å². The van der Waals surface area contributed by atoms with Crippen LogP contribution in [0.4, 0.5) is 5.69 Å². The fourth-order valence-electron chi connectivity index (χ4n) is 2.05. The molecule has 0 bridgehead atoms. The zero-order valence-electron chi connectivity index (χ0n) is 12.3. The van der Waals surface area contributed by atoms with Crippen molar-refractivity contribution in [3.8, 4) is 5.75 Å². The number of ether oxygens (including phenoxy) is 1. The van der Waals surface area contributed by atoms with E-state index in [0.29, 0.717) is 11.4 Å². The summed E-state index contributed by atoms with van der Waals surface area (Å²) in [5, 5.41) is 0. The van der Waals surface area contributed by atoms with Gasteiger partial charge in [-0.2, -0.15) is 0 Å². The average Bonchev–Trinajstić information content (AvgIpc) is 2.87. The first-order chi connectivity index (χ1) is 10.0. The molecule has 0 saturated carbocycles. The Morgan fingerprint density at radius 3 is 2.86 bits per heavy atom. The number of aryl methyl sites for hydroxylation is 1. The number of hydrogen-bond acceptors (Lipinski definition) is 5. The van der Waals surface area contributed by atoms with Gasteiger partial charge >= 0.3 is 0 Å². The Balaban J connectivity index is 2.17. The standard InChI is InChI=1S/C15H19N3O2S/c1-10-11(7-14(21-10)15(19)17-16)9-18(2)12-5-4-6-13(8-12)20-3/h4-8H,9,16H2,1-3H3,(H,17,19). The summed E-state index contributed by atoms with van der Waals surface area (Å²) in [7, 11) is 3.66. The Bertz CT molecular complexity index is 640. The lowest BCUT2D eigenvalue weighted by Gasteiger charge is -2.19. The van der Waals surface area contributed by atoms with Crippen molar-refractivity contribution in [3.05, 3.63) is 45.6 Å². The van der Waals surface area contributed by atoms with Crippen LogP contribution in [-0.2, 0) is 6.54 Å². The predicted octanol–water partition coefficient (Wildman–Crippen LogP) is 2.31. The molecule has 0 saturated heterocycles. The lowest BCUT2D eigenvalue weighted by molar-refractivity contribution is 0.0957. The second kappa shape index (κ2) is 6.60. The molecule has 0 atom stereocenters. The average molecular weight is 305 g/mol. The van der Waals surface area contributed by atoms with Crippen molar-refractivity contribution in [2.75, 3.05) is 19.1 Å². The summed E-state index contributed by atoms with van der Waals surface area (Å²) in [6.07, 6.45) is 0. The molecule has 2 aromatic rings. The Kier molecular flexibility index (Phi) is 4.82. The van der Waals surface area contributed by atoms with Gasteiger partial charge in [0.05, 0.1) is 12.0 Å². The molecule has 0 spiro atoms. The number of rotatable bonds is 5. The molecule has 5 nitrogen and oxygen atoms in total. The molecule has 0 aliphatic carbocycles. The smallest absolute Gasteiger partial charge is 0.275 e. The van der Waals surface area contributed by atoms with E-state index in [1.54, 1.807) is 7.11 Å². The first-order valence-electron chi connectivity index (χ1n) is 6.50. The topological polar surface area (TPSA) is 67.6 Å². The van der Waals surface area contributed by atoms with Gasteiger partial charge in [0.15, 0.2) is 0 Å². The molecule has 0 fully saturated rings. The monoisotopic (exact) mass is 305 g/mol. The minimum absolute atomic E-state index is 0.251. The zero-order chi connectivity index (χ0) is 15.4. The number of amides is 1. The number of hydrazine groups is 1. The van der Waals surface area contributed by atoms with E-state index in [-0.39, 0.29) is 5.91 Å². The largest absolute Gasteiger partial charge is 0.497 e. The Morgan fingerprint density at radius 2 is 2.19 bits per heavy atom. The summed E-state index contributed by atoms with van der Waals surface area (Å²) < 4.78 is 5.24. The number of carbonyl (C=O) groups is 1. The molecule has 0 radical (unpaired) electrons. The quantitative estimate of drug-likeness (QED) is 0.505. The lowest BCUT2D eigenvalue weighted by atomic mass is 10.2. The number of benzene rings is 1. The Morgan fingerprint density at radius 1 is 1.43 bits per heavy atom. The number of methoxy groups -OCH3 is 1. The Labute approximate surface area is 128 Å². The molecular formula is C15H19N3O2S. The van der Waals surface area contributed by atoms with Crippen LogP contribution in [-0.4, -0.2) is 20.1 Å². The second-order valence-electron chi connectivity index (χ2n) is 4.72. The molecule has 1 aromatic heterocycles. The molecule has 6 heteroatoms. The highest BCUT2D eigenvalue weighted by atomic mass is 32.1. The van der Waals surface area contributed by atoms with Crippen molar-refractivity contribution >= 4 is 22.9 Å². The van der Waals surface area contributed by atoms with Crippen LogP contribution in [0, 0.1) is 6.92 Å². The minimum Gasteiger partial charge on any atom is -0.497 e. The van der Waals surface area contributed by atoms with Crippen LogP contribution in [0.3, 0.4) is 0 Å². The molecular weight excluding hydrogens is 286 g/mol.